The summed E-state index contributed by atoms with van der Waals surface area (Å²) in [5.41, 5.74) is 0.509. The van der Waals surface area contributed by atoms with Crippen molar-refractivity contribution in [3.8, 4) is 0 Å². The molecule has 1 aliphatic heterocycles. The van der Waals surface area contributed by atoms with Gasteiger partial charge in [0.15, 0.2) is 0 Å². The van der Waals surface area contributed by atoms with E-state index in [0.29, 0.717) is 38.0 Å². The molecule has 1 N–H and O–H groups in total. The molecule has 1 aromatic carbocycles. The molecule has 0 atom stereocenters. The van der Waals surface area contributed by atoms with E-state index in [1.54, 1.807) is 19.1 Å². The van der Waals surface area contributed by atoms with Crippen LogP contribution in [0.5, 0.6) is 0 Å². The highest BCUT2D eigenvalue weighted by atomic mass is 32.2. The number of piperidine rings is 1. The molecule has 2 aromatic rings. The number of pyridine rings is 1. The van der Waals surface area contributed by atoms with Gasteiger partial charge in [0.25, 0.3) is 11.6 Å². The molecule has 29 heavy (non-hydrogen) atoms. The van der Waals surface area contributed by atoms with Crippen molar-refractivity contribution < 1.29 is 18.1 Å². The van der Waals surface area contributed by atoms with Crippen LogP contribution in [0.15, 0.2) is 47.6 Å². The fraction of sp³-hybridized carbons (Fsp3) is 0.368. The maximum absolute atomic E-state index is 12.6. The highest BCUT2D eigenvalue weighted by Crippen LogP contribution is 2.24. The Morgan fingerprint density at radius 2 is 2.00 bits per heavy atom. The fourth-order valence-corrected chi connectivity index (χ4v) is 4.84. The molecule has 3 rings (SSSR count). The number of nitro benzene ring substituents is 1. The molecule has 0 unspecified atom stereocenters. The largest absolute Gasteiger partial charge is 0.352 e. The van der Waals surface area contributed by atoms with Gasteiger partial charge in [-0.2, -0.15) is 4.31 Å². The minimum Gasteiger partial charge on any atom is -0.352 e. The van der Waals surface area contributed by atoms with Crippen molar-refractivity contribution in [2.45, 2.75) is 24.7 Å². The van der Waals surface area contributed by atoms with Crippen LogP contribution in [0.2, 0.25) is 0 Å². The molecule has 154 valence electrons. The number of benzene rings is 1. The van der Waals surface area contributed by atoms with Crippen LogP contribution in [-0.4, -0.2) is 48.2 Å². The van der Waals surface area contributed by atoms with E-state index >= 15 is 0 Å². The lowest BCUT2D eigenvalue weighted by Gasteiger charge is -2.31. The Labute approximate surface area is 169 Å². The average molecular weight is 418 g/mol. The Hall–Kier alpha value is -2.85. The average Bonchev–Trinajstić information content (AvgIpc) is 2.73. The summed E-state index contributed by atoms with van der Waals surface area (Å²) in [6.07, 6.45) is 4.10. The molecule has 1 amide bonds. The van der Waals surface area contributed by atoms with Gasteiger partial charge in [-0.15, -0.1) is 0 Å². The van der Waals surface area contributed by atoms with Gasteiger partial charge in [0.2, 0.25) is 10.0 Å². The zero-order chi connectivity index (χ0) is 21.0. The van der Waals surface area contributed by atoms with Gasteiger partial charge in [-0.1, -0.05) is 6.07 Å². The molecule has 1 aliphatic rings. The lowest BCUT2D eigenvalue weighted by atomic mass is 9.98. The summed E-state index contributed by atoms with van der Waals surface area (Å²) in [6.45, 7) is 2.68. The number of sulfonamides is 1. The highest BCUT2D eigenvalue weighted by molar-refractivity contribution is 7.89. The number of hydrogen-bond donors (Lipinski definition) is 1. The summed E-state index contributed by atoms with van der Waals surface area (Å²) in [7, 11) is -3.56. The van der Waals surface area contributed by atoms with Gasteiger partial charge in [-0.05, 0) is 43.9 Å². The second-order valence-electron chi connectivity index (χ2n) is 6.95. The number of nitrogens with one attached hydrogen (secondary N) is 1. The molecule has 0 spiro atoms. The zero-order valence-electron chi connectivity index (χ0n) is 15.9. The molecule has 0 saturated carbocycles. The lowest BCUT2D eigenvalue weighted by molar-refractivity contribution is -0.385. The number of nitrogens with zero attached hydrogens (tertiary/aromatic N) is 3. The predicted molar refractivity (Wildman–Crippen MR) is 106 cm³/mol. The van der Waals surface area contributed by atoms with E-state index < -0.39 is 14.9 Å². The van der Waals surface area contributed by atoms with E-state index in [2.05, 4.69) is 10.3 Å². The summed E-state index contributed by atoms with van der Waals surface area (Å²) in [5.74, 6) is -0.227. The third-order valence-electron chi connectivity index (χ3n) is 5.14. The van der Waals surface area contributed by atoms with Crippen molar-refractivity contribution in [2.24, 2.45) is 5.92 Å². The van der Waals surface area contributed by atoms with Crippen LogP contribution in [0.1, 0.15) is 28.8 Å². The van der Waals surface area contributed by atoms with Gasteiger partial charge in [-0.25, -0.2) is 8.42 Å². The monoisotopic (exact) mass is 418 g/mol. The van der Waals surface area contributed by atoms with E-state index in [1.165, 1.54) is 34.9 Å². The Morgan fingerprint density at radius 3 is 2.62 bits per heavy atom. The Kier molecular flexibility index (Phi) is 6.23. The Balaban J connectivity index is 1.56. The SMILES string of the molecule is Cc1c(C(=O)NCC2CCN(S(=O)(=O)c3cccnc3)CC2)cccc1[N+](=O)[O-]. The van der Waals surface area contributed by atoms with Gasteiger partial charge in [-0.3, -0.25) is 19.9 Å². The van der Waals surface area contributed by atoms with Gasteiger partial charge < -0.3 is 5.32 Å². The van der Waals surface area contributed by atoms with Crippen molar-refractivity contribution in [1.29, 1.82) is 0 Å². The van der Waals surface area contributed by atoms with Crippen molar-refractivity contribution in [1.82, 2.24) is 14.6 Å². The Morgan fingerprint density at radius 1 is 1.28 bits per heavy atom. The number of amides is 1. The first kappa shape index (κ1) is 20.9. The predicted octanol–water partition coefficient (Wildman–Crippen LogP) is 2.13. The third kappa shape index (κ3) is 4.60. The lowest BCUT2D eigenvalue weighted by Crippen LogP contribution is -2.41. The minimum atomic E-state index is -3.56. The molecule has 1 fully saturated rings. The number of nitro groups is 1. The maximum Gasteiger partial charge on any atom is 0.273 e. The van der Waals surface area contributed by atoms with Gasteiger partial charge in [0.1, 0.15) is 4.90 Å². The quantitative estimate of drug-likeness (QED) is 0.566. The summed E-state index contributed by atoms with van der Waals surface area (Å²) < 4.78 is 26.7. The molecule has 9 nitrogen and oxygen atoms in total. The van der Waals surface area contributed by atoms with Crippen LogP contribution in [0.4, 0.5) is 5.69 Å². The van der Waals surface area contributed by atoms with E-state index in [9.17, 15) is 23.3 Å². The van der Waals surface area contributed by atoms with Crippen LogP contribution in [-0.2, 0) is 10.0 Å². The van der Waals surface area contributed by atoms with Crippen LogP contribution in [0, 0.1) is 23.0 Å². The molecule has 0 radical (unpaired) electrons. The van der Waals surface area contributed by atoms with Gasteiger partial charge >= 0.3 is 0 Å². The Bertz CT molecular complexity index is 1000. The van der Waals surface area contributed by atoms with E-state index in [4.69, 9.17) is 0 Å². The van der Waals surface area contributed by atoms with Crippen molar-refractivity contribution in [3.05, 3.63) is 64.0 Å². The van der Waals surface area contributed by atoms with Crippen molar-refractivity contribution in [2.75, 3.05) is 19.6 Å². The topological polar surface area (TPSA) is 123 Å². The molecular formula is C19H22N4O5S. The smallest absolute Gasteiger partial charge is 0.273 e. The van der Waals surface area contributed by atoms with Gasteiger partial charge in [0.05, 0.1) is 4.92 Å². The summed E-state index contributed by atoms with van der Waals surface area (Å²) in [6, 6.07) is 7.52. The van der Waals surface area contributed by atoms with Crippen LogP contribution in [0.3, 0.4) is 0 Å². The minimum absolute atomic E-state index is 0.0911. The zero-order valence-corrected chi connectivity index (χ0v) is 16.8. The second-order valence-corrected chi connectivity index (χ2v) is 8.89. The van der Waals surface area contributed by atoms with Crippen molar-refractivity contribution in [3.63, 3.8) is 0 Å². The first-order valence-corrected chi connectivity index (χ1v) is 10.7. The first-order chi connectivity index (χ1) is 13.8. The van der Waals surface area contributed by atoms with E-state index in [1.807, 2.05) is 0 Å². The van der Waals surface area contributed by atoms with Crippen LogP contribution >= 0.6 is 0 Å². The molecule has 0 bridgehead atoms. The molecule has 0 aliphatic carbocycles. The highest BCUT2D eigenvalue weighted by Gasteiger charge is 2.29. The van der Waals surface area contributed by atoms with E-state index in [-0.39, 0.29) is 28.0 Å². The van der Waals surface area contributed by atoms with Crippen LogP contribution in [0.25, 0.3) is 0 Å². The molecule has 1 saturated heterocycles. The normalized spacial score (nSPS) is 15.8. The number of rotatable bonds is 6. The summed E-state index contributed by atoms with van der Waals surface area (Å²) in [4.78, 5) is 27.0. The molecule has 10 heteroatoms. The number of carbonyl (C=O) groups excluding carboxylic acids is 1. The molecular weight excluding hydrogens is 396 g/mol. The molecule has 2 heterocycles. The van der Waals surface area contributed by atoms with Crippen LogP contribution < -0.4 is 5.32 Å². The number of aromatic nitrogens is 1. The third-order valence-corrected chi connectivity index (χ3v) is 7.03. The number of hydrogen-bond acceptors (Lipinski definition) is 6. The first-order valence-electron chi connectivity index (χ1n) is 9.23. The second kappa shape index (κ2) is 8.66. The number of carbonyl (C=O) groups is 1. The van der Waals surface area contributed by atoms with Gasteiger partial charge in [0, 0.05) is 49.2 Å². The summed E-state index contributed by atoms with van der Waals surface area (Å²) >= 11 is 0. The molecule has 1 aromatic heterocycles. The standard InChI is InChI=1S/C19H22N4O5S/c1-14-17(5-2-6-18(14)23(25)26)19(24)21-12-15-7-10-22(11-8-15)29(27,28)16-4-3-9-20-13-16/h2-6,9,13,15H,7-8,10-12H2,1H3,(H,21,24). The fourth-order valence-electron chi connectivity index (χ4n) is 3.40. The van der Waals surface area contributed by atoms with Crippen molar-refractivity contribution >= 4 is 21.6 Å². The van der Waals surface area contributed by atoms with E-state index in [0.717, 1.165) is 0 Å². The summed E-state index contributed by atoms with van der Waals surface area (Å²) in [5, 5.41) is 13.9. The maximum atomic E-state index is 12.6.